The van der Waals surface area contributed by atoms with Gasteiger partial charge in [0.25, 0.3) is 5.91 Å². The first-order valence-electron chi connectivity index (χ1n) is 4.64. The van der Waals surface area contributed by atoms with Gasteiger partial charge in [-0.3, -0.25) is 15.2 Å². The second-order valence-corrected chi connectivity index (χ2v) is 3.25. The van der Waals surface area contributed by atoms with Crippen molar-refractivity contribution in [2.45, 2.75) is 6.92 Å². The van der Waals surface area contributed by atoms with Crippen LogP contribution in [0.4, 0.5) is 5.95 Å². The number of aromatic amines is 1. The highest BCUT2D eigenvalue weighted by Crippen LogP contribution is 2.10. The Hall–Kier alpha value is -2.37. The van der Waals surface area contributed by atoms with E-state index in [-0.39, 0.29) is 17.6 Å². The molecule has 0 spiro atoms. The number of phenolic OH excluding ortho intramolecular Hbond substituents is 1. The lowest BCUT2D eigenvalue weighted by Gasteiger charge is -2.00. The zero-order chi connectivity index (χ0) is 11.5. The number of aryl methyl sites for hydroxylation is 1. The van der Waals surface area contributed by atoms with Gasteiger partial charge in [0.2, 0.25) is 5.95 Å². The molecule has 0 saturated heterocycles. The Morgan fingerprint density at radius 1 is 1.38 bits per heavy atom. The Balaban J connectivity index is 2.11. The third-order valence-electron chi connectivity index (χ3n) is 1.95. The smallest absolute Gasteiger partial charge is 0.258 e. The topological polar surface area (TPSA) is 90.9 Å². The molecule has 0 saturated carbocycles. The summed E-state index contributed by atoms with van der Waals surface area (Å²) < 4.78 is 0. The van der Waals surface area contributed by atoms with Crippen molar-refractivity contribution in [3.63, 3.8) is 0 Å². The predicted octanol–water partition coefficient (Wildman–Crippen LogP) is 1.07. The number of carbonyl (C=O) groups excluding carboxylic acids is 1. The third kappa shape index (κ3) is 2.17. The zero-order valence-corrected chi connectivity index (χ0v) is 8.56. The Morgan fingerprint density at radius 3 is 2.62 bits per heavy atom. The molecule has 0 aliphatic rings. The summed E-state index contributed by atoms with van der Waals surface area (Å²) in [7, 11) is 0. The molecule has 0 aliphatic heterocycles. The van der Waals surface area contributed by atoms with Crippen LogP contribution in [0.5, 0.6) is 5.75 Å². The molecule has 82 valence electrons. The highest BCUT2D eigenvalue weighted by molar-refractivity contribution is 6.03. The first-order valence-corrected chi connectivity index (χ1v) is 4.64. The fourth-order valence-corrected chi connectivity index (χ4v) is 1.19. The van der Waals surface area contributed by atoms with E-state index in [1.807, 2.05) is 0 Å². The average molecular weight is 218 g/mol. The molecule has 0 unspecified atom stereocenters. The van der Waals surface area contributed by atoms with E-state index in [2.05, 4.69) is 20.5 Å². The molecule has 1 aromatic heterocycles. The summed E-state index contributed by atoms with van der Waals surface area (Å²) in [5.74, 6) is 0.654. The van der Waals surface area contributed by atoms with Crippen molar-refractivity contribution in [1.29, 1.82) is 0 Å². The highest BCUT2D eigenvalue weighted by Gasteiger charge is 2.08. The number of H-pyrrole nitrogens is 1. The fraction of sp³-hybridized carbons (Fsp3) is 0.100. The number of rotatable bonds is 2. The Bertz CT molecular complexity index is 504. The molecule has 1 heterocycles. The molecule has 6 nitrogen and oxygen atoms in total. The van der Waals surface area contributed by atoms with Gasteiger partial charge >= 0.3 is 0 Å². The van der Waals surface area contributed by atoms with Crippen LogP contribution < -0.4 is 5.32 Å². The Labute approximate surface area is 91.3 Å². The third-order valence-corrected chi connectivity index (χ3v) is 1.95. The summed E-state index contributed by atoms with van der Waals surface area (Å²) in [5.41, 5.74) is 0.431. The van der Waals surface area contributed by atoms with Gasteiger partial charge < -0.3 is 5.11 Å². The summed E-state index contributed by atoms with van der Waals surface area (Å²) in [6, 6.07) is 5.92. The molecule has 0 bridgehead atoms. The SMILES string of the molecule is Cc1nc(NC(=O)c2ccc(O)cc2)n[nH]1. The number of aromatic nitrogens is 3. The van der Waals surface area contributed by atoms with Crippen molar-refractivity contribution in [3.05, 3.63) is 35.7 Å². The van der Waals surface area contributed by atoms with Crippen LogP contribution in [0.3, 0.4) is 0 Å². The Morgan fingerprint density at radius 2 is 2.06 bits per heavy atom. The van der Waals surface area contributed by atoms with Crippen LogP contribution in [-0.2, 0) is 0 Å². The molecule has 16 heavy (non-hydrogen) atoms. The maximum absolute atomic E-state index is 11.6. The van der Waals surface area contributed by atoms with Gasteiger partial charge in [0.15, 0.2) is 0 Å². The number of hydrogen-bond donors (Lipinski definition) is 3. The van der Waals surface area contributed by atoms with E-state index in [9.17, 15) is 4.79 Å². The number of amides is 1. The lowest BCUT2D eigenvalue weighted by Crippen LogP contribution is -2.12. The van der Waals surface area contributed by atoms with Gasteiger partial charge in [0, 0.05) is 5.56 Å². The molecular weight excluding hydrogens is 208 g/mol. The number of phenols is 1. The minimum absolute atomic E-state index is 0.116. The van der Waals surface area contributed by atoms with Crippen LogP contribution in [0.15, 0.2) is 24.3 Å². The maximum Gasteiger partial charge on any atom is 0.258 e. The van der Waals surface area contributed by atoms with Crippen molar-refractivity contribution in [3.8, 4) is 5.75 Å². The first kappa shape index (κ1) is 10.2. The van der Waals surface area contributed by atoms with Gasteiger partial charge in [0.05, 0.1) is 0 Å². The number of aromatic hydroxyl groups is 1. The highest BCUT2D eigenvalue weighted by atomic mass is 16.3. The fourth-order valence-electron chi connectivity index (χ4n) is 1.19. The summed E-state index contributed by atoms with van der Waals surface area (Å²) in [6.07, 6.45) is 0. The second kappa shape index (κ2) is 4.01. The monoisotopic (exact) mass is 218 g/mol. The standard InChI is InChI=1S/C10H10N4O2/c1-6-11-10(14-13-6)12-9(16)7-2-4-8(15)5-3-7/h2-5,15H,1H3,(H2,11,12,13,14,16). The largest absolute Gasteiger partial charge is 0.508 e. The molecule has 2 aromatic rings. The van der Waals surface area contributed by atoms with Crippen molar-refractivity contribution >= 4 is 11.9 Å². The van der Waals surface area contributed by atoms with Gasteiger partial charge in [-0.05, 0) is 31.2 Å². The number of nitrogens with zero attached hydrogens (tertiary/aromatic N) is 2. The second-order valence-electron chi connectivity index (χ2n) is 3.25. The molecule has 0 aliphatic carbocycles. The van der Waals surface area contributed by atoms with Crippen molar-refractivity contribution < 1.29 is 9.90 Å². The molecular formula is C10H10N4O2. The Kier molecular flexibility index (Phi) is 2.55. The van der Waals surface area contributed by atoms with E-state index in [1.54, 1.807) is 6.92 Å². The van der Waals surface area contributed by atoms with Crippen molar-refractivity contribution in [1.82, 2.24) is 15.2 Å². The minimum Gasteiger partial charge on any atom is -0.508 e. The molecule has 0 fully saturated rings. The van der Waals surface area contributed by atoms with Crippen molar-refractivity contribution in [2.24, 2.45) is 0 Å². The maximum atomic E-state index is 11.6. The van der Waals surface area contributed by atoms with E-state index in [4.69, 9.17) is 5.11 Å². The number of benzene rings is 1. The molecule has 1 amide bonds. The van der Waals surface area contributed by atoms with E-state index < -0.39 is 0 Å². The van der Waals surface area contributed by atoms with Gasteiger partial charge in [0.1, 0.15) is 11.6 Å². The average Bonchev–Trinajstić information content (AvgIpc) is 2.65. The minimum atomic E-state index is -0.320. The molecule has 6 heteroatoms. The van der Waals surface area contributed by atoms with Gasteiger partial charge in [-0.1, -0.05) is 0 Å². The van der Waals surface area contributed by atoms with Gasteiger partial charge in [-0.15, -0.1) is 5.10 Å². The van der Waals surface area contributed by atoms with Crippen LogP contribution in [0.1, 0.15) is 16.2 Å². The number of carbonyl (C=O) groups is 1. The lowest BCUT2D eigenvalue weighted by molar-refractivity contribution is 0.102. The van der Waals surface area contributed by atoms with E-state index in [0.717, 1.165) is 0 Å². The van der Waals surface area contributed by atoms with Crippen LogP contribution in [0.25, 0.3) is 0 Å². The number of nitrogens with one attached hydrogen (secondary N) is 2. The van der Waals surface area contributed by atoms with Gasteiger partial charge in [-0.2, -0.15) is 4.98 Å². The first-order chi connectivity index (χ1) is 7.65. The lowest BCUT2D eigenvalue weighted by atomic mass is 10.2. The molecule has 1 aromatic carbocycles. The number of hydrogen-bond acceptors (Lipinski definition) is 4. The van der Waals surface area contributed by atoms with Crippen LogP contribution in [0.2, 0.25) is 0 Å². The van der Waals surface area contributed by atoms with E-state index in [1.165, 1.54) is 24.3 Å². The number of anilines is 1. The molecule has 0 radical (unpaired) electrons. The quantitative estimate of drug-likeness (QED) is 0.703. The molecule has 3 N–H and O–H groups in total. The molecule has 0 atom stereocenters. The van der Waals surface area contributed by atoms with Gasteiger partial charge in [-0.25, -0.2) is 0 Å². The summed E-state index contributed by atoms with van der Waals surface area (Å²) >= 11 is 0. The summed E-state index contributed by atoms with van der Waals surface area (Å²) in [6.45, 7) is 1.74. The predicted molar refractivity (Wildman–Crippen MR) is 57.2 cm³/mol. The molecule has 2 rings (SSSR count). The summed E-state index contributed by atoms with van der Waals surface area (Å²) in [4.78, 5) is 15.6. The summed E-state index contributed by atoms with van der Waals surface area (Å²) in [5, 5.41) is 18.0. The zero-order valence-electron chi connectivity index (χ0n) is 8.56. The van der Waals surface area contributed by atoms with Crippen LogP contribution >= 0.6 is 0 Å². The van der Waals surface area contributed by atoms with Crippen LogP contribution in [-0.4, -0.2) is 26.2 Å². The normalized spacial score (nSPS) is 10.1. The van der Waals surface area contributed by atoms with Crippen molar-refractivity contribution in [2.75, 3.05) is 5.32 Å². The van der Waals surface area contributed by atoms with E-state index >= 15 is 0 Å². The van der Waals surface area contributed by atoms with E-state index in [0.29, 0.717) is 11.4 Å². The van der Waals surface area contributed by atoms with Crippen LogP contribution in [0, 0.1) is 6.92 Å².